The average molecular weight is 271 g/mol. The van der Waals surface area contributed by atoms with Gasteiger partial charge in [0.05, 0.1) is 13.2 Å². The van der Waals surface area contributed by atoms with Crippen molar-refractivity contribution >= 4 is 11.9 Å². The Morgan fingerprint density at radius 2 is 2.10 bits per heavy atom. The third-order valence-electron chi connectivity index (χ3n) is 3.49. The van der Waals surface area contributed by atoms with Gasteiger partial charge in [-0.15, -0.1) is 0 Å². The molecule has 1 aliphatic rings. The van der Waals surface area contributed by atoms with Gasteiger partial charge in [-0.25, -0.2) is 0 Å². The molecule has 0 saturated carbocycles. The summed E-state index contributed by atoms with van der Waals surface area (Å²) in [5.41, 5.74) is 8.33. The first-order valence-corrected chi connectivity index (χ1v) is 6.66. The van der Waals surface area contributed by atoms with Crippen LogP contribution >= 0.6 is 0 Å². The molecular weight excluding hydrogens is 254 g/mol. The fourth-order valence-electron chi connectivity index (χ4n) is 2.59. The Morgan fingerprint density at radius 1 is 1.25 bits per heavy atom. The van der Waals surface area contributed by atoms with Crippen LogP contribution in [0.5, 0.6) is 6.01 Å². The summed E-state index contributed by atoms with van der Waals surface area (Å²) >= 11 is 0. The highest BCUT2D eigenvalue weighted by molar-refractivity contribution is 5.40. The Hall–Kier alpha value is -2.37. The zero-order valence-corrected chi connectivity index (χ0v) is 11.3. The number of nitrogens with two attached hydrogens (primary N) is 1. The number of methoxy groups -OCH3 is 1. The summed E-state index contributed by atoms with van der Waals surface area (Å²) < 4.78 is 5.01. The molecule has 0 spiro atoms. The summed E-state index contributed by atoms with van der Waals surface area (Å²) in [6, 6.07) is 8.88. The van der Waals surface area contributed by atoms with Crippen LogP contribution < -0.4 is 15.8 Å². The topological polar surface area (TPSA) is 86.0 Å². The van der Waals surface area contributed by atoms with Gasteiger partial charge >= 0.3 is 6.01 Å². The van der Waals surface area contributed by atoms with Crippen LogP contribution in [0.4, 0.5) is 11.9 Å². The molecule has 1 aliphatic carbocycles. The minimum absolute atomic E-state index is 0.156. The van der Waals surface area contributed by atoms with E-state index >= 15 is 0 Å². The third kappa shape index (κ3) is 2.49. The Morgan fingerprint density at radius 3 is 2.95 bits per heavy atom. The van der Waals surface area contributed by atoms with E-state index in [0.717, 1.165) is 19.3 Å². The van der Waals surface area contributed by atoms with Gasteiger partial charge in [-0.2, -0.15) is 15.0 Å². The molecule has 6 nitrogen and oxygen atoms in total. The lowest BCUT2D eigenvalue weighted by Gasteiger charge is -2.26. The molecule has 1 aromatic heterocycles. The van der Waals surface area contributed by atoms with Gasteiger partial charge < -0.3 is 15.8 Å². The monoisotopic (exact) mass is 271 g/mol. The number of nitrogens with zero attached hydrogens (tertiary/aromatic N) is 3. The molecule has 20 heavy (non-hydrogen) atoms. The quantitative estimate of drug-likeness (QED) is 0.887. The molecule has 2 aromatic rings. The zero-order chi connectivity index (χ0) is 13.9. The van der Waals surface area contributed by atoms with Crippen molar-refractivity contribution in [3.8, 4) is 6.01 Å². The highest BCUT2D eigenvalue weighted by Gasteiger charge is 2.20. The number of aryl methyl sites for hydroxylation is 1. The van der Waals surface area contributed by atoms with Crippen molar-refractivity contribution in [2.75, 3.05) is 18.2 Å². The summed E-state index contributed by atoms with van der Waals surface area (Å²) in [7, 11) is 1.51. The molecule has 6 heteroatoms. The fraction of sp³-hybridized carbons (Fsp3) is 0.357. The molecule has 0 radical (unpaired) electrons. The minimum atomic E-state index is 0.156. The normalized spacial score (nSPS) is 17.4. The van der Waals surface area contributed by atoms with E-state index in [1.165, 1.54) is 18.2 Å². The second-order valence-corrected chi connectivity index (χ2v) is 4.79. The number of ether oxygens (including phenoxy) is 1. The van der Waals surface area contributed by atoms with Crippen LogP contribution in [0.25, 0.3) is 0 Å². The Balaban J connectivity index is 1.87. The Labute approximate surface area is 117 Å². The van der Waals surface area contributed by atoms with Crippen LogP contribution in [0, 0.1) is 0 Å². The molecule has 1 atom stereocenters. The van der Waals surface area contributed by atoms with Gasteiger partial charge in [-0.3, -0.25) is 0 Å². The van der Waals surface area contributed by atoms with Gasteiger partial charge in [0.1, 0.15) is 0 Å². The van der Waals surface area contributed by atoms with Crippen molar-refractivity contribution in [1.29, 1.82) is 0 Å². The van der Waals surface area contributed by atoms with Crippen LogP contribution in [0.1, 0.15) is 30.0 Å². The number of nitrogens with one attached hydrogen (secondary N) is 1. The first-order chi connectivity index (χ1) is 9.76. The summed E-state index contributed by atoms with van der Waals surface area (Å²) in [6.07, 6.45) is 3.31. The SMILES string of the molecule is COc1nc(N)nc(NC2CCCc3ccccc32)n1. The predicted octanol–water partition coefficient (Wildman–Crippen LogP) is 1.95. The summed E-state index contributed by atoms with van der Waals surface area (Å²) in [6.45, 7) is 0. The molecule has 0 bridgehead atoms. The molecule has 1 unspecified atom stereocenters. The van der Waals surface area contributed by atoms with Crippen LogP contribution in [-0.4, -0.2) is 22.1 Å². The molecule has 3 rings (SSSR count). The van der Waals surface area contributed by atoms with Crippen LogP contribution in [0.3, 0.4) is 0 Å². The Kier molecular flexibility index (Phi) is 3.37. The molecule has 0 saturated heterocycles. The number of nitrogen functional groups attached to an aromatic ring is 1. The summed E-state index contributed by atoms with van der Waals surface area (Å²) in [5.74, 6) is 0.611. The smallest absolute Gasteiger partial charge is 0.322 e. The lowest BCUT2D eigenvalue weighted by atomic mass is 9.88. The van der Waals surface area contributed by atoms with Crippen LogP contribution in [0.2, 0.25) is 0 Å². The number of anilines is 2. The lowest BCUT2D eigenvalue weighted by molar-refractivity contribution is 0.379. The van der Waals surface area contributed by atoms with E-state index in [2.05, 4.69) is 44.5 Å². The predicted molar refractivity (Wildman–Crippen MR) is 76.5 cm³/mol. The summed E-state index contributed by atoms with van der Waals surface area (Å²) in [5, 5.41) is 3.33. The van der Waals surface area contributed by atoms with E-state index in [9.17, 15) is 0 Å². The molecule has 0 fully saturated rings. The van der Waals surface area contributed by atoms with Gasteiger partial charge in [-0.1, -0.05) is 24.3 Å². The van der Waals surface area contributed by atoms with E-state index in [1.54, 1.807) is 0 Å². The first-order valence-electron chi connectivity index (χ1n) is 6.66. The van der Waals surface area contributed by atoms with Crippen molar-refractivity contribution in [2.45, 2.75) is 25.3 Å². The number of fused-ring (bicyclic) bond motifs is 1. The van der Waals surface area contributed by atoms with Gasteiger partial charge in [0.25, 0.3) is 0 Å². The molecule has 104 valence electrons. The van der Waals surface area contributed by atoms with Gasteiger partial charge in [0.15, 0.2) is 0 Å². The molecule has 1 heterocycles. The van der Waals surface area contributed by atoms with Crippen molar-refractivity contribution in [3.05, 3.63) is 35.4 Å². The van der Waals surface area contributed by atoms with E-state index in [0.29, 0.717) is 5.95 Å². The first kappa shape index (κ1) is 12.7. The summed E-state index contributed by atoms with van der Waals surface area (Å²) in [4.78, 5) is 12.2. The lowest BCUT2D eigenvalue weighted by Crippen LogP contribution is -2.19. The number of aromatic nitrogens is 3. The van der Waals surface area contributed by atoms with E-state index in [1.807, 2.05) is 0 Å². The number of hydrogen-bond donors (Lipinski definition) is 2. The van der Waals surface area contributed by atoms with Crippen molar-refractivity contribution in [1.82, 2.24) is 15.0 Å². The molecular formula is C14H17N5O. The van der Waals surface area contributed by atoms with Gasteiger partial charge in [0, 0.05) is 0 Å². The molecule has 3 N–H and O–H groups in total. The number of hydrogen-bond acceptors (Lipinski definition) is 6. The minimum Gasteiger partial charge on any atom is -0.467 e. The van der Waals surface area contributed by atoms with Crippen molar-refractivity contribution < 1.29 is 4.74 Å². The highest BCUT2D eigenvalue weighted by atomic mass is 16.5. The number of benzene rings is 1. The average Bonchev–Trinajstić information content (AvgIpc) is 2.47. The van der Waals surface area contributed by atoms with E-state index in [-0.39, 0.29) is 18.0 Å². The van der Waals surface area contributed by atoms with Crippen LogP contribution in [-0.2, 0) is 6.42 Å². The maximum Gasteiger partial charge on any atom is 0.322 e. The second-order valence-electron chi connectivity index (χ2n) is 4.79. The highest BCUT2D eigenvalue weighted by Crippen LogP contribution is 2.31. The van der Waals surface area contributed by atoms with Gasteiger partial charge in [0.2, 0.25) is 11.9 Å². The fourth-order valence-corrected chi connectivity index (χ4v) is 2.59. The van der Waals surface area contributed by atoms with E-state index in [4.69, 9.17) is 10.5 Å². The zero-order valence-electron chi connectivity index (χ0n) is 11.3. The molecule has 0 amide bonds. The maximum atomic E-state index is 5.65. The molecule has 0 aliphatic heterocycles. The standard InChI is InChI=1S/C14H17N5O/c1-20-14-18-12(15)17-13(19-14)16-11-8-4-6-9-5-2-3-7-10(9)11/h2-3,5,7,11H,4,6,8H2,1H3,(H3,15,16,17,18,19). The van der Waals surface area contributed by atoms with Crippen molar-refractivity contribution in [2.24, 2.45) is 0 Å². The van der Waals surface area contributed by atoms with E-state index < -0.39 is 0 Å². The molecule has 1 aromatic carbocycles. The second kappa shape index (κ2) is 5.32. The Bertz CT molecular complexity index is 616. The van der Waals surface area contributed by atoms with Crippen LogP contribution in [0.15, 0.2) is 24.3 Å². The maximum absolute atomic E-state index is 5.65. The largest absolute Gasteiger partial charge is 0.467 e. The third-order valence-corrected chi connectivity index (χ3v) is 3.49. The van der Waals surface area contributed by atoms with Crippen molar-refractivity contribution in [3.63, 3.8) is 0 Å². The number of rotatable bonds is 3. The van der Waals surface area contributed by atoms with Gasteiger partial charge in [-0.05, 0) is 30.4 Å².